The van der Waals surface area contributed by atoms with Gasteiger partial charge in [0.2, 0.25) is 0 Å². The maximum Gasteiger partial charge on any atom is 0.127 e. The van der Waals surface area contributed by atoms with E-state index in [2.05, 4.69) is 0 Å². The summed E-state index contributed by atoms with van der Waals surface area (Å²) in [5.74, 6) is -0.374. The molecule has 0 aromatic heterocycles. The van der Waals surface area contributed by atoms with E-state index < -0.39 is 10.2 Å². The van der Waals surface area contributed by atoms with Gasteiger partial charge < -0.3 is 0 Å². The van der Waals surface area contributed by atoms with Crippen molar-refractivity contribution in [3.8, 4) is 5.69 Å². The molecule has 0 radical (unpaired) electrons. The molecule has 0 N–H and O–H groups in total. The molecule has 0 aliphatic carbocycles. The minimum absolute atomic E-state index is 0.313. The molecule has 0 amide bonds. The van der Waals surface area contributed by atoms with E-state index in [1.165, 1.54) is 6.07 Å². The third-order valence-electron chi connectivity index (χ3n) is 1.38. The van der Waals surface area contributed by atoms with E-state index in [0.29, 0.717) is 10.5 Å². The number of aryl methyl sites for hydroxylation is 1. The summed E-state index contributed by atoms with van der Waals surface area (Å²) < 4.78 is 23.4. The molecular formula is C8H7FOS. The van der Waals surface area contributed by atoms with Crippen molar-refractivity contribution in [2.75, 3.05) is 0 Å². The number of hydrogen-bond donors (Lipinski definition) is 0. The second-order valence-electron chi connectivity index (χ2n) is 2.21. The molecule has 0 bridgehead atoms. The quantitative estimate of drug-likeness (QED) is 0.580. The minimum atomic E-state index is -1.59. The van der Waals surface area contributed by atoms with E-state index in [-0.39, 0.29) is 5.82 Å². The van der Waals surface area contributed by atoms with E-state index in [9.17, 15) is 8.60 Å². The first kappa shape index (κ1) is 8.05. The molecule has 3 heteroatoms. The molecule has 1 rings (SSSR count). The molecule has 0 heterocycles. The van der Waals surface area contributed by atoms with Gasteiger partial charge in [0, 0.05) is 0 Å². The van der Waals surface area contributed by atoms with Crippen LogP contribution in [0.2, 0.25) is 0 Å². The van der Waals surface area contributed by atoms with Crippen LogP contribution >= 0.6 is 0 Å². The van der Waals surface area contributed by atoms with Crippen molar-refractivity contribution < 1.29 is 8.60 Å². The van der Waals surface area contributed by atoms with Gasteiger partial charge in [0.1, 0.15) is 5.82 Å². The summed E-state index contributed by atoms with van der Waals surface area (Å²) in [5.41, 5.74) is 5.57. The van der Waals surface area contributed by atoms with Gasteiger partial charge in [-0.1, -0.05) is 11.8 Å². The van der Waals surface area contributed by atoms with Gasteiger partial charge in [-0.2, -0.15) is 0 Å². The monoisotopic (exact) mass is 170 g/mol. The summed E-state index contributed by atoms with van der Waals surface area (Å²) in [4.78, 5) is 0.313. The van der Waals surface area contributed by atoms with Crippen molar-refractivity contribution >= 4 is 10.2 Å². The fourth-order valence-corrected chi connectivity index (χ4v) is 1.12. The Morgan fingerprint density at radius 2 is 2.18 bits per heavy atom. The van der Waals surface area contributed by atoms with Crippen LogP contribution in [0.4, 0.5) is 4.39 Å². The lowest BCUT2D eigenvalue weighted by Crippen LogP contribution is -1.83. The van der Waals surface area contributed by atoms with Crippen LogP contribution in [0.15, 0.2) is 23.1 Å². The molecule has 11 heavy (non-hydrogen) atoms. The topological polar surface area (TPSA) is 17.1 Å². The first-order valence-electron chi connectivity index (χ1n) is 3.03. The van der Waals surface area contributed by atoms with Gasteiger partial charge in [0.25, 0.3) is 0 Å². The van der Waals surface area contributed by atoms with Crippen molar-refractivity contribution in [1.29, 1.82) is 0 Å². The molecule has 0 saturated heterocycles. The van der Waals surface area contributed by atoms with Gasteiger partial charge in [-0.15, -0.1) is 0 Å². The van der Waals surface area contributed by atoms with Gasteiger partial charge >= 0.3 is 0 Å². The maximum absolute atomic E-state index is 12.7. The number of benzene rings is 1. The smallest absolute Gasteiger partial charge is 0.127 e. The molecule has 1 nitrogen and oxygen atoms in total. The van der Waals surface area contributed by atoms with Crippen molar-refractivity contribution in [1.82, 2.24) is 0 Å². The highest BCUT2D eigenvalue weighted by atomic mass is 32.2. The molecule has 0 saturated carbocycles. The highest BCUT2D eigenvalue weighted by molar-refractivity contribution is 7.73. The highest BCUT2D eigenvalue weighted by Crippen LogP contribution is 2.09. The Hall–Kier alpha value is -1.05. The molecule has 1 aromatic carbocycles. The molecule has 0 unspecified atom stereocenters. The second-order valence-corrected chi connectivity index (χ2v) is 3.27. The first-order chi connectivity index (χ1) is 5.11. The lowest BCUT2D eigenvalue weighted by molar-refractivity contribution is 0.614. The van der Waals surface area contributed by atoms with Crippen LogP contribution in [0.1, 0.15) is 5.56 Å². The predicted molar refractivity (Wildman–Crippen MR) is 42.5 cm³/mol. The predicted octanol–water partition coefficient (Wildman–Crippen LogP) is 1.83. The fourth-order valence-electron chi connectivity index (χ4n) is 0.699. The molecule has 1 aromatic rings. The van der Waals surface area contributed by atoms with E-state index in [1.807, 2.05) is 0 Å². The van der Waals surface area contributed by atoms with Crippen LogP contribution in [0.5, 0.6) is 0 Å². The molecule has 58 valence electrons. The fraction of sp³-hybridized carbons (Fsp3) is 0.125. The normalized spacial score (nSPS) is 9.55. The van der Waals surface area contributed by atoms with Gasteiger partial charge in [-0.05, 0) is 24.6 Å². The zero-order valence-electron chi connectivity index (χ0n) is 6.00. The third kappa shape index (κ3) is 1.70. The number of hydrogen-bond acceptors (Lipinski definition) is 1. The molecule has 0 atom stereocenters. The van der Waals surface area contributed by atoms with E-state index in [4.69, 9.17) is 5.69 Å². The summed E-state index contributed by atoms with van der Waals surface area (Å²) in [6, 6.07) is 4.29. The van der Waals surface area contributed by atoms with Crippen LogP contribution in [0.3, 0.4) is 0 Å². The summed E-state index contributed by atoms with van der Waals surface area (Å²) >= 11 is 0. The Labute approximate surface area is 66.5 Å². The van der Waals surface area contributed by atoms with E-state index in [1.54, 1.807) is 19.1 Å². The summed E-state index contributed by atoms with van der Waals surface area (Å²) in [7, 11) is -1.59. The van der Waals surface area contributed by atoms with Crippen molar-refractivity contribution in [2.24, 2.45) is 0 Å². The average molecular weight is 170 g/mol. The van der Waals surface area contributed by atoms with E-state index in [0.717, 1.165) is 0 Å². The Kier molecular flexibility index (Phi) is 2.13. The van der Waals surface area contributed by atoms with Crippen LogP contribution in [-0.4, -0.2) is 4.21 Å². The summed E-state index contributed by atoms with van der Waals surface area (Å²) in [5, 5.41) is 0. The van der Waals surface area contributed by atoms with Crippen molar-refractivity contribution in [2.45, 2.75) is 11.8 Å². The summed E-state index contributed by atoms with van der Waals surface area (Å²) in [6.45, 7) is 1.64. The lowest BCUT2D eigenvalue weighted by Gasteiger charge is -1.94. The SMILES string of the molecule is C#S(=O)c1ccc(C)c(F)c1. The standard InChI is InChI=1S/C8H7FOS/c1-6-3-4-7(11(2)10)5-8(6)9/h2-5H,1H3. The van der Waals surface area contributed by atoms with Gasteiger partial charge in [-0.25, -0.2) is 8.60 Å². The Morgan fingerprint density at radius 3 is 2.64 bits per heavy atom. The van der Waals surface area contributed by atoms with Crippen molar-refractivity contribution in [3.05, 3.63) is 29.6 Å². The Bertz CT molecular complexity index is 392. The minimum Gasteiger partial charge on any atom is -0.217 e. The zero-order chi connectivity index (χ0) is 8.43. The maximum atomic E-state index is 12.7. The van der Waals surface area contributed by atoms with Crippen LogP contribution < -0.4 is 0 Å². The third-order valence-corrected chi connectivity index (χ3v) is 2.09. The Balaban J connectivity index is 3.30. The molecule has 0 fully saturated rings. The molecule has 0 aliphatic heterocycles. The molecule has 0 aliphatic rings. The second kappa shape index (κ2) is 2.91. The van der Waals surface area contributed by atoms with E-state index >= 15 is 0 Å². The highest BCUT2D eigenvalue weighted by Gasteiger charge is 1.97. The Morgan fingerprint density at radius 1 is 1.55 bits per heavy atom. The average Bonchev–Trinajstić information content (AvgIpc) is 1.94. The first-order valence-corrected chi connectivity index (χ1v) is 4.25. The van der Waals surface area contributed by atoms with Gasteiger partial charge in [0.05, 0.1) is 15.1 Å². The largest absolute Gasteiger partial charge is 0.217 e. The number of rotatable bonds is 0. The van der Waals surface area contributed by atoms with Crippen LogP contribution in [0, 0.1) is 18.4 Å². The van der Waals surface area contributed by atoms with Crippen LogP contribution in [-0.2, 0) is 10.2 Å². The van der Waals surface area contributed by atoms with Crippen LogP contribution in [0.25, 0.3) is 0 Å². The number of halogens is 1. The van der Waals surface area contributed by atoms with Gasteiger partial charge in [-0.3, -0.25) is 0 Å². The lowest BCUT2D eigenvalue weighted by atomic mass is 10.2. The molecular weight excluding hydrogens is 163 g/mol. The molecule has 0 spiro atoms. The summed E-state index contributed by atoms with van der Waals surface area (Å²) in [6.07, 6.45) is 0. The van der Waals surface area contributed by atoms with Gasteiger partial charge in [0.15, 0.2) is 0 Å². The zero-order valence-corrected chi connectivity index (χ0v) is 6.82. The van der Waals surface area contributed by atoms with Crippen molar-refractivity contribution in [3.63, 3.8) is 0 Å².